The first-order valence-electron chi connectivity index (χ1n) is 9.63. The Morgan fingerprint density at radius 1 is 1.14 bits per heavy atom. The summed E-state index contributed by atoms with van der Waals surface area (Å²) in [5.74, 6) is -0.612. The smallest absolute Gasteiger partial charge is 0.407 e. The number of carbonyl (C=O) groups is 2. The Hall–Kier alpha value is -2.84. The first-order chi connectivity index (χ1) is 13.5. The third-order valence-corrected chi connectivity index (χ3v) is 4.82. The number of anilines is 1. The molecular weight excluding hydrogens is 378 g/mol. The number of benzene rings is 1. The highest BCUT2D eigenvalue weighted by Gasteiger charge is 2.26. The van der Waals surface area contributed by atoms with Crippen molar-refractivity contribution in [1.82, 2.24) is 5.32 Å². The van der Waals surface area contributed by atoms with Gasteiger partial charge in [0.1, 0.15) is 5.60 Å². The quantitative estimate of drug-likeness (QED) is 0.431. The maximum atomic E-state index is 12.0. The van der Waals surface area contributed by atoms with E-state index in [9.17, 15) is 19.7 Å². The molecule has 160 valence electrons. The van der Waals surface area contributed by atoms with E-state index in [1.807, 2.05) is 20.8 Å². The van der Waals surface area contributed by atoms with Gasteiger partial charge in [0, 0.05) is 29.9 Å². The summed E-state index contributed by atoms with van der Waals surface area (Å²) >= 11 is 0. The Labute approximate surface area is 170 Å². The number of hydrogen-bond acceptors (Lipinski definition) is 7. The van der Waals surface area contributed by atoms with Crippen LogP contribution in [0.25, 0.3) is 0 Å². The Balaban J connectivity index is 2.03. The van der Waals surface area contributed by atoms with Gasteiger partial charge in [-0.05, 0) is 58.9 Å². The molecule has 1 amide bonds. The number of ether oxygens (including phenoxy) is 2. The molecule has 2 rings (SSSR count). The number of alkyl carbamates (subject to hydrolysis) is 1. The summed E-state index contributed by atoms with van der Waals surface area (Å²) in [6.07, 6.45) is 2.64. The predicted octanol–water partition coefficient (Wildman–Crippen LogP) is 3.94. The van der Waals surface area contributed by atoms with Gasteiger partial charge in [-0.1, -0.05) is 0 Å². The van der Waals surface area contributed by atoms with Gasteiger partial charge < -0.3 is 20.1 Å². The minimum absolute atomic E-state index is 0.0275. The number of amides is 1. The van der Waals surface area contributed by atoms with Crippen LogP contribution in [0, 0.1) is 17.0 Å². The van der Waals surface area contributed by atoms with E-state index in [0.29, 0.717) is 11.3 Å². The lowest BCUT2D eigenvalue weighted by molar-refractivity contribution is -0.384. The SMILES string of the molecule is COC(=O)c1cc([N+](=O)[O-])cc(NC2CCC(NC(=O)OC(C)(C)C)CC2)c1C. The van der Waals surface area contributed by atoms with Crippen LogP contribution in [0.1, 0.15) is 62.4 Å². The first kappa shape index (κ1) is 22.4. The maximum Gasteiger partial charge on any atom is 0.407 e. The summed E-state index contributed by atoms with van der Waals surface area (Å²) < 4.78 is 10.0. The monoisotopic (exact) mass is 407 g/mol. The van der Waals surface area contributed by atoms with E-state index >= 15 is 0 Å². The molecule has 29 heavy (non-hydrogen) atoms. The van der Waals surface area contributed by atoms with Crippen LogP contribution in [0.15, 0.2) is 12.1 Å². The summed E-state index contributed by atoms with van der Waals surface area (Å²) in [7, 11) is 1.24. The van der Waals surface area contributed by atoms with E-state index in [0.717, 1.165) is 25.7 Å². The Morgan fingerprint density at radius 2 is 1.72 bits per heavy atom. The number of nitrogens with zero attached hydrogens (tertiary/aromatic N) is 1. The molecule has 9 nitrogen and oxygen atoms in total. The van der Waals surface area contributed by atoms with Crippen molar-refractivity contribution >= 4 is 23.4 Å². The molecule has 9 heteroatoms. The number of esters is 1. The number of non-ortho nitro benzene ring substituents is 1. The van der Waals surface area contributed by atoms with Crippen molar-refractivity contribution in [2.45, 2.75) is 71.1 Å². The highest BCUT2D eigenvalue weighted by Crippen LogP contribution is 2.30. The van der Waals surface area contributed by atoms with E-state index in [-0.39, 0.29) is 23.3 Å². The molecule has 1 aliphatic carbocycles. The van der Waals surface area contributed by atoms with Crippen molar-refractivity contribution in [2.75, 3.05) is 12.4 Å². The van der Waals surface area contributed by atoms with E-state index in [2.05, 4.69) is 10.6 Å². The molecule has 1 aromatic carbocycles. The number of nitro benzene ring substituents is 1. The first-order valence-corrected chi connectivity index (χ1v) is 9.63. The van der Waals surface area contributed by atoms with Crippen LogP contribution in [-0.4, -0.2) is 41.8 Å². The molecule has 2 N–H and O–H groups in total. The standard InChI is InChI=1S/C20H29N3O6/c1-12-16(18(24)28-5)10-15(23(26)27)11-17(12)21-13-6-8-14(9-7-13)22-19(25)29-20(2,3)4/h10-11,13-14,21H,6-9H2,1-5H3,(H,22,25). The van der Waals surface area contributed by atoms with Crippen LogP contribution in [-0.2, 0) is 9.47 Å². The second-order valence-corrected chi connectivity index (χ2v) is 8.25. The van der Waals surface area contributed by atoms with Crippen molar-refractivity contribution in [3.8, 4) is 0 Å². The van der Waals surface area contributed by atoms with Crippen LogP contribution in [0.2, 0.25) is 0 Å². The van der Waals surface area contributed by atoms with Gasteiger partial charge in [0.05, 0.1) is 17.6 Å². The number of hydrogen-bond donors (Lipinski definition) is 2. The van der Waals surface area contributed by atoms with Crippen LogP contribution in [0.5, 0.6) is 0 Å². The molecule has 1 aliphatic rings. The average Bonchev–Trinajstić information content (AvgIpc) is 2.62. The Kier molecular flexibility index (Phi) is 7.05. The van der Waals surface area contributed by atoms with Crippen molar-refractivity contribution in [3.05, 3.63) is 33.4 Å². The van der Waals surface area contributed by atoms with Gasteiger partial charge in [0.2, 0.25) is 0 Å². The molecule has 0 radical (unpaired) electrons. The molecule has 0 atom stereocenters. The largest absolute Gasteiger partial charge is 0.465 e. The van der Waals surface area contributed by atoms with Crippen molar-refractivity contribution in [2.24, 2.45) is 0 Å². The third kappa shape index (κ3) is 6.33. The molecule has 0 aromatic heterocycles. The molecule has 0 unspecified atom stereocenters. The van der Waals surface area contributed by atoms with E-state index in [4.69, 9.17) is 9.47 Å². The fraction of sp³-hybridized carbons (Fsp3) is 0.600. The lowest BCUT2D eigenvalue weighted by atomic mass is 9.90. The van der Waals surface area contributed by atoms with Crippen molar-refractivity contribution in [3.63, 3.8) is 0 Å². The van der Waals surface area contributed by atoms with Gasteiger partial charge in [-0.25, -0.2) is 9.59 Å². The number of methoxy groups -OCH3 is 1. The molecule has 1 aromatic rings. The van der Waals surface area contributed by atoms with Crippen LogP contribution in [0.3, 0.4) is 0 Å². The zero-order valence-corrected chi connectivity index (χ0v) is 17.5. The molecule has 1 fully saturated rings. The molecule has 0 aliphatic heterocycles. The number of nitrogens with one attached hydrogen (secondary N) is 2. The van der Waals surface area contributed by atoms with Crippen LogP contribution >= 0.6 is 0 Å². The zero-order valence-electron chi connectivity index (χ0n) is 17.5. The van der Waals surface area contributed by atoms with Gasteiger partial charge in [0.25, 0.3) is 5.69 Å². The fourth-order valence-electron chi connectivity index (χ4n) is 3.35. The zero-order chi connectivity index (χ0) is 21.8. The minimum Gasteiger partial charge on any atom is -0.465 e. The molecule has 0 heterocycles. The highest BCUT2D eigenvalue weighted by atomic mass is 16.6. The molecule has 0 spiro atoms. The second kappa shape index (κ2) is 9.11. The van der Waals surface area contributed by atoms with Gasteiger partial charge in [-0.3, -0.25) is 10.1 Å². The summed E-state index contributed by atoms with van der Waals surface area (Å²) in [5, 5.41) is 17.4. The van der Waals surface area contributed by atoms with Gasteiger partial charge in [0.15, 0.2) is 0 Å². The minimum atomic E-state index is -0.612. The average molecular weight is 407 g/mol. The Morgan fingerprint density at radius 3 is 2.24 bits per heavy atom. The van der Waals surface area contributed by atoms with Crippen molar-refractivity contribution < 1.29 is 24.0 Å². The second-order valence-electron chi connectivity index (χ2n) is 8.25. The number of carbonyl (C=O) groups excluding carboxylic acids is 2. The normalized spacial score (nSPS) is 19.2. The third-order valence-electron chi connectivity index (χ3n) is 4.82. The number of rotatable bonds is 5. The fourth-order valence-corrected chi connectivity index (χ4v) is 3.35. The Bertz CT molecular complexity index is 779. The maximum absolute atomic E-state index is 12.0. The summed E-state index contributed by atoms with van der Waals surface area (Å²) in [5.41, 5.74) is 0.614. The molecule has 1 saturated carbocycles. The van der Waals surface area contributed by atoms with E-state index < -0.39 is 22.6 Å². The lowest BCUT2D eigenvalue weighted by Gasteiger charge is -2.31. The number of nitro groups is 1. The molecular formula is C20H29N3O6. The highest BCUT2D eigenvalue weighted by molar-refractivity contribution is 5.93. The van der Waals surface area contributed by atoms with Crippen LogP contribution in [0.4, 0.5) is 16.2 Å². The predicted molar refractivity (Wildman–Crippen MR) is 108 cm³/mol. The summed E-state index contributed by atoms with van der Waals surface area (Å²) in [6.45, 7) is 7.18. The van der Waals surface area contributed by atoms with Gasteiger partial charge in [-0.15, -0.1) is 0 Å². The van der Waals surface area contributed by atoms with Gasteiger partial charge in [-0.2, -0.15) is 0 Å². The van der Waals surface area contributed by atoms with Crippen LogP contribution < -0.4 is 10.6 Å². The molecule has 0 bridgehead atoms. The van der Waals surface area contributed by atoms with Gasteiger partial charge >= 0.3 is 12.1 Å². The van der Waals surface area contributed by atoms with E-state index in [1.54, 1.807) is 6.92 Å². The summed E-state index contributed by atoms with van der Waals surface area (Å²) in [4.78, 5) is 34.6. The lowest BCUT2D eigenvalue weighted by Crippen LogP contribution is -2.42. The van der Waals surface area contributed by atoms with Crippen molar-refractivity contribution in [1.29, 1.82) is 0 Å². The topological polar surface area (TPSA) is 120 Å². The van der Waals surface area contributed by atoms with E-state index in [1.165, 1.54) is 19.2 Å². The molecule has 0 saturated heterocycles. The summed E-state index contributed by atoms with van der Waals surface area (Å²) in [6, 6.07) is 2.78.